The zero-order valence-corrected chi connectivity index (χ0v) is 24.0. The third kappa shape index (κ3) is 5.21. The van der Waals surface area contributed by atoms with Crippen LogP contribution in [0.15, 0.2) is 18.2 Å². The van der Waals surface area contributed by atoms with Gasteiger partial charge in [0, 0.05) is 23.6 Å². The second kappa shape index (κ2) is 10.8. The molecule has 0 unspecified atom stereocenters. The molecule has 2 aromatic heterocycles. The minimum Gasteiger partial charge on any atom is -0.505 e. The fourth-order valence-corrected chi connectivity index (χ4v) is 6.23. The minimum absolute atomic E-state index is 0. The molecule has 3 fully saturated rings. The normalized spacial score (nSPS) is 21.4. The summed E-state index contributed by atoms with van der Waals surface area (Å²) in [6.07, 6.45) is 9.61. The Bertz CT molecular complexity index is 1360. The van der Waals surface area contributed by atoms with Gasteiger partial charge in [-0.1, -0.05) is 23.2 Å². The molecule has 0 radical (unpaired) electrons. The first kappa shape index (κ1) is 27.4. The van der Waals surface area contributed by atoms with Crippen molar-refractivity contribution in [1.82, 2.24) is 14.9 Å². The third-order valence-corrected chi connectivity index (χ3v) is 8.80. The highest BCUT2D eigenvalue weighted by atomic mass is 35.5. The Hall–Kier alpha value is -2.12. The zero-order chi connectivity index (χ0) is 25.8. The lowest BCUT2D eigenvalue weighted by molar-refractivity contribution is 0.112. The first-order chi connectivity index (χ1) is 17.8. The molecule has 0 bridgehead atoms. The van der Waals surface area contributed by atoms with E-state index in [1.54, 1.807) is 12.1 Å². The molecule has 3 aliphatic rings. The number of phenols is 1. The van der Waals surface area contributed by atoms with Crippen LogP contribution < -0.4 is 5.32 Å². The molecule has 38 heavy (non-hydrogen) atoms. The maximum absolute atomic E-state index is 12.5. The molecule has 3 aliphatic carbocycles. The summed E-state index contributed by atoms with van der Waals surface area (Å²) in [5, 5.41) is 14.3. The summed E-state index contributed by atoms with van der Waals surface area (Å²) in [5.41, 5.74) is 6.55. The first-order valence-corrected chi connectivity index (χ1v) is 14.0. The van der Waals surface area contributed by atoms with Gasteiger partial charge in [0.15, 0.2) is 12.0 Å². The Morgan fingerprint density at radius 1 is 0.947 bits per heavy atom. The Morgan fingerprint density at radius 2 is 1.58 bits per heavy atom. The molecule has 202 valence electrons. The van der Waals surface area contributed by atoms with Crippen molar-refractivity contribution < 1.29 is 9.90 Å². The summed E-state index contributed by atoms with van der Waals surface area (Å²) in [6, 6.07) is 6.45. The summed E-state index contributed by atoms with van der Waals surface area (Å²) in [5.74, 6) is 0.622. The van der Waals surface area contributed by atoms with Gasteiger partial charge in [0.1, 0.15) is 5.52 Å². The van der Waals surface area contributed by atoms with E-state index < -0.39 is 0 Å². The number of nitrogens with one attached hydrogen (secondary N) is 1. The van der Waals surface area contributed by atoms with Gasteiger partial charge in [-0.15, -0.1) is 12.4 Å². The Balaban J connectivity index is 0.00000294. The molecule has 3 saturated carbocycles. The number of nitrogens with zero attached hydrogens (tertiary/aromatic N) is 3. The number of aromatic hydroxyl groups is 1. The number of aldehydes is 1. The van der Waals surface area contributed by atoms with E-state index in [0.29, 0.717) is 29.0 Å². The van der Waals surface area contributed by atoms with Crippen LogP contribution >= 0.6 is 35.6 Å². The van der Waals surface area contributed by atoms with Crippen molar-refractivity contribution in [2.24, 2.45) is 0 Å². The molecule has 1 aromatic carbocycles. The van der Waals surface area contributed by atoms with Crippen molar-refractivity contribution in [3.8, 4) is 17.0 Å². The molecule has 2 N–H and O–H groups in total. The summed E-state index contributed by atoms with van der Waals surface area (Å²) in [7, 11) is 4.29. The van der Waals surface area contributed by atoms with E-state index in [9.17, 15) is 9.90 Å². The van der Waals surface area contributed by atoms with Crippen LogP contribution in [0.25, 0.3) is 22.3 Å². The summed E-state index contributed by atoms with van der Waals surface area (Å²) >= 11 is 12.6. The van der Waals surface area contributed by atoms with Crippen molar-refractivity contribution in [1.29, 1.82) is 0 Å². The standard InChI is InChI=1S/C29H32Cl2N4O2.ClH/c1-35(2)19-9-7-18(8-10-19)32-27-21(14-36)25(16-5-6-16)33-24-13-20(15-3-4-15)26(34-28(24)27)17-11-22(30)29(37)23(31)12-17;/h11-16,18-19,37H,3-10H2,1-2H3,(H,32,33);1H. The summed E-state index contributed by atoms with van der Waals surface area (Å²) < 4.78 is 0. The maximum atomic E-state index is 12.5. The molecule has 0 aliphatic heterocycles. The number of phenolic OH excluding ortho intramolecular Hbond substituents is 1. The van der Waals surface area contributed by atoms with E-state index in [4.69, 9.17) is 33.2 Å². The van der Waals surface area contributed by atoms with Gasteiger partial charge in [0.25, 0.3) is 0 Å². The van der Waals surface area contributed by atoms with E-state index in [2.05, 4.69) is 30.4 Å². The average Bonchev–Trinajstić information content (AvgIpc) is 3.80. The minimum atomic E-state index is -0.129. The smallest absolute Gasteiger partial charge is 0.154 e. The molecule has 0 spiro atoms. The SMILES string of the molecule is CN(C)C1CCC(Nc2c(C=O)c(C3CC3)nc3cc(C4CC4)c(-c4cc(Cl)c(O)c(Cl)c4)nc23)CC1.Cl. The number of halogens is 3. The number of rotatable bonds is 7. The molecular formula is C29H33Cl3N4O2. The third-order valence-electron chi connectivity index (χ3n) is 8.22. The van der Waals surface area contributed by atoms with E-state index in [0.717, 1.165) is 91.4 Å². The second-order valence-electron chi connectivity index (χ2n) is 11.1. The highest BCUT2D eigenvalue weighted by molar-refractivity contribution is 6.37. The van der Waals surface area contributed by atoms with Crippen LogP contribution in [-0.4, -0.2) is 52.4 Å². The van der Waals surface area contributed by atoms with Gasteiger partial charge in [-0.2, -0.15) is 0 Å². The van der Waals surface area contributed by atoms with Crippen molar-refractivity contribution in [2.75, 3.05) is 19.4 Å². The highest BCUT2D eigenvalue weighted by Crippen LogP contribution is 2.48. The number of fused-ring (bicyclic) bond motifs is 1. The molecule has 0 atom stereocenters. The number of anilines is 1. The first-order valence-electron chi connectivity index (χ1n) is 13.3. The van der Waals surface area contributed by atoms with Crippen molar-refractivity contribution in [3.05, 3.63) is 45.1 Å². The van der Waals surface area contributed by atoms with Crippen LogP contribution in [0.1, 0.15) is 84.8 Å². The van der Waals surface area contributed by atoms with Crippen LogP contribution in [0.2, 0.25) is 10.0 Å². The lowest BCUT2D eigenvalue weighted by atomic mass is 9.90. The summed E-state index contributed by atoms with van der Waals surface area (Å²) in [6.45, 7) is 0. The molecule has 0 saturated heterocycles. The predicted molar refractivity (Wildman–Crippen MR) is 157 cm³/mol. The largest absolute Gasteiger partial charge is 0.505 e. The van der Waals surface area contributed by atoms with Gasteiger partial charge in [0.2, 0.25) is 0 Å². The van der Waals surface area contributed by atoms with E-state index in [-0.39, 0.29) is 34.2 Å². The van der Waals surface area contributed by atoms with Gasteiger partial charge in [0.05, 0.1) is 38.2 Å². The average molecular weight is 576 g/mol. The Labute approximate surface area is 239 Å². The van der Waals surface area contributed by atoms with Gasteiger partial charge in [-0.3, -0.25) is 4.79 Å². The lowest BCUT2D eigenvalue weighted by Crippen LogP contribution is -2.36. The van der Waals surface area contributed by atoms with E-state index >= 15 is 0 Å². The van der Waals surface area contributed by atoms with Crippen molar-refractivity contribution >= 4 is 58.6 Å². The number of hydrogen-bond donors (Lipinski definition) is 2. The molecule has 9 heteroatoms. The molecule has 6 rings (SSSR count). The van der Waals surface area contributed by atoms with Gasteiger partial charge < -0.3 is 15.3 Å². The fourth-order valence-electron chi connectivity index (χ4n) is 5.75. The van der Waals surface area contributed by atoms with Crippen LogP contribution in [0.4, 0.5) is 5.69 Å². The van der Waals surface area contributed by atoms with Gasteiger partial charge in [-0.25, -0.2) is 9.97 Å². The van der Waals surface area contributed by atoms with E-state index in [1.165, 1.54) is 0 Å². The Kier molecular flexibility index (Phi) is 7.80. The van der Waals surface area contributed by atoms with Gasteiger partial charge >= 0.3 is 0 Å². The quantitative estimate of drug-likeness (QED) is 0.283. The van der Waals surface area contributed by atoms with Crippen LogP contribution in [0.5, 0.6) is 5.75 Å². The molecule has 0 amide bonds. The van der Waals surface area contributed by atoms with Crippen LogP contribution in [-0.2, 0) is 0 Å². The zero-order valence-electron chi connectivity index (χ0n) is 21.6. The number of carbonyl (C=O) groups is 1. The fraction of sp³-hybridized carbons (Fsp3) is 0.483. The van der Waals surface area contributed by atoms with Crippen molar-refractivity contribution in [3.63, 3.8) is 0 Å². The molecular weight excluding hydrogens is 543 g/mol. The van der Waals surface area contributed by atoms with Crippen molar-refractivity contribution in [2.45, 2.75) is 75.3 Å². The maximum Gasteiger partial charge on any atom is 0.154 e. The van der Waals surface area contributed by atoms with Gasteiger partial charge in [-0.05, 0) is 95.1 Å². The highest BCUT2D eigenvalue weighted by Gasteiger charge is 2.34. The number of pyridine rings is 2. The second-order valence-corrected chi connectivity index (χ2v) is 12.0. The molecule has 6 nitrogen and oxygen atoms in total. The molecule has 3 aromatic rings. The van der Waals surface area contributed by atoms with Crippen LogP contribution in [0.3, 0.4) is 0 Å². The predicted octanol–water partition coefficient (Wildman–Crippen LogP) is 7.58. The number of carbonyl (C=O) groups excluding carboxylic acids is 1. The topological polar surface area (TPSA) is 78.4 Å². The number of hydrogen-bond acceptors (Lipinski definition) is 6. The number of benzene rings is 1. The monoisotopic (exact) mass is 574 g/mol. The summed E-state index contributed by atoms with van der Waals surface area (Å²) in [4.78, 5) is 25.0. The van der Waals surface area contributed by atoms with Crippen LogP contribution in [0, 0.1) is 0 Å². The lowest BCUT2D eigenvalue weighted by Gasteiger charge is -2.34. The Morgan fingerprint density at radius 3 is 2.13 bits per heavy atom. The van der Waals surface area contributed by atoms with E-state index in [1.807, 2.05) is 0 Å². The number of aromatic nitrogens is 2. The molecule has 2 heterocycles.